The quantitative estimate of drug-likeness (QED) is 0.184. The van der Waals surface area contributed by atoms with Gasteiger partial charge >= 0.3 is 0 Å². The van der Waals surface area contributed by atoms with Crippen molar-refractivity contribution in [2.75, 3.05) is 5.32 Å². The molecule has 0 bridgehead atoms. The maximum absolute atomic E-state index is 3.69. The third-order valence-electron chi connectivity index (χ3n) is 9.66. The largest absolute Gasteiger partial charge is 0.379 e. The molecule has 0 aromatic heterocycles. The summed E-state index contributed by atoms with van der Waals surface area (Å²) in [7, 11) is 0. The van der Waals surface area contributed by atoms with Crippen LogP contribution < -0.4 is 5.32 Å². The van der Waals surface area contributed by atoms with Gasteiger partial charge in [-0.1, -0.05) is 182 Å². The minimum atomic E-state index is 0.271. The molecule has 240 valence electrons. The molecule has 0 saturated carbocycles. The van der Waals surface area contributed by atoms with E-state index in [2.05, 4.69) is 188 Å². The average Bonchev–Trinajstić information content (AvgIpc) is 3.19. The first-order chi connectivity index (χ1) is 24.7. The Morgan fingerprint density at radius 2 is 0.980 bits per heavy atom. The van der Waals surface area contributed by atoms with E-state index < -0.39 is 0 Å². The summed E-state index contributed by atoms with van der Waals surface area (Å²) >= 11 is 0. The van der Waals surface area contributed by atoms with Crippen LogP contribution in [0.3, 0.4) is 0 Å². The third kappa shape index (κ3) is 6.46. The number of fused-ring (bicyclic) bond motifs is 6. The van der Waals surface area contributed by atoms with Gasteiger partial charge in [0.05, 0.1) is 0 Å². The Morgan fingerprint density at radius 1 is 0.460 bits per heavy atom. The normalized spacial score (nSPS) is 13.9. The second kappa shape index (κ2) is 14.1. The van der Waals surface area contributed by atoms with Crippen molar-refractivity contribution in [3.8, 4) is 22.3 Å². The van der Waals surface area contributed by atoms with Crippen molar-refractivity contribution in [3.63, 3.8) is 0 Å². The zero-order valence-corrected chi connectivity index (χ0v) is 28.3. The van der Waals surface area contributed by atoms with Crippen LogP contribution in [0.1, 0.15) is 17.5 Å². The Labute approximate surface area is 294 Å². The Kier molecular flexibility index (Phi) is 8.79. The van der Waals surface area contributed by atoms with E-state index in [1.54, 1.807) is 0 Å². The van der Waals surface area contributed by atoms with E-state index in [1.807, 2.05) is 18.2 Å². The lowest BCUT2D eigenvalue weighted by Crippen LogP contribution is -2.17. The molecule has 50 heavy (non-hydrogen) atoms. The summed E-state index contributed by atoms with van der Waals surface area (Å²) in [5.74, 6) is 0. The van der Waals surface area contributed by atoms with E-state index in [1.165, 1.54) is 71.3 Å². The van der Waals surface area contributed by atoms with Crippen molar-refractivity contribution in [1.29, 1.82) is 0 Å². The highest BCUT2D eigenvalue weighted by Gasteiger charge is 2.14. The van der Waals surface area contributed by atoms with Crippen LogP contribution in [0.25, 0.3) is 60.1 Å². The van der Waals surface area contributed by atoms with Crippen molar-refractivity contribution in [3.05, 3.63) is 205 Å². The molecule has 1 aliphatic rings. The molecule has 1 N–H and O–H groups in total. The fourth-order valence-corrected chi connectivity index (χ4v) is 7.14. The molecule has 0 aliphatic heterocycles. The molecule has 1 aliphatic carbocycles. The van der Waals surface area contributed by atoms with Crippen molar-refractivity contribution in [2.45, 2.75) is 19.4 Å². The van der Waals surface area contributed by atoms with Crippen LogP contribution in [-0.2, 0) is 0 Å². The summed E-state index contributed by atoms with van der Waals surface area (Å²) in [6.45, 7) is 2.08. The SMILES string of the molecule is C1=CC(Nc2ccc(-c3ccccc3)cc2)CC=C1c1cccc(-c2cccc3c4ccccc4c4ccccc4c23)c1.Cc1ccccc1. The van der Waals surface area contributed by atoms with Crippen molar-refractivity contribution in [2.24, 2.45) is 0 Å². The van der Waals surface area contributed by atoms with Gasteiger partial charge in [0, 0.05) is 11.7 Å². The Hall–Kier alpha value is -6.18. The van der Waals surface area contributed by atoms with Gasteiger partial charge in [-0.15, -0.1) is 0 Å². The number of benzene rings is 8. The topological polar surface area (TPSA) is 12.0 Å². The zero-order chi connectivity index (χ0) is 33.7. The van der Waals surface area contributed by atoms with Crippen molar-refractivity contribution in [1.82, 2.24) is 0 Å². The fourth-order valence-electron chi connectivity index (χ4n) is 7.14. The van der Waals surface area contributed by atoms with Crippen LogP contribution in [0.5, 0.6) is 0 Å². The third-order valence-corrected chi connectivity index (χ3v) is 9.66. The summed E-state index contributed by atoms with van der Waals surface area (Å²) in [6, 6.07) is 63.2. The van der Waals surface area contributed by atoms with E-state index in [9.17, 15) is 0 Å². The molecule has 0 saturated heterocycles. The van der Waals surface area contributed by atoms with Crippen molar-refractivity contribution >= 4 is 43.6 Å². The van der Waals surface area contributed by atoms with Gasteiger partial charge in [0.25, 0.3) is 0 Å². The first-order valence-corrected chi connectivity index (χ1v) is 17.5. The van der Waals surface area contributed by atoms with Gasteiger partial charge < -0.3 is 5.32 Å². The molecule has 0 heterocycles. The minimum absolute atomic E-state index is 0.271. The number of hydrogen-bond acceptors (Lipinski definition) is 1. The molecule has 8 aromatic carbocycles. The van der Waals surface area contributed by atoms with Crippen LogP contribution in [0.15, 0.2) is 194 Å². The summed E-state index contributed by atoms with van der Waals surface area (Å²) in [4.78, 5) is 0. The van der Waals surface area contributed by atoms with Gasteiger partial charge in [0.1, 0.15) is 0 Å². The molecule has 1 nitrogen and oxygen atoms in total. The van der Waals surface area contributed by atoms with Gasteiger partial charge in [-0.25, -0.2) is 0 Å². The number of anilines is 1. The first kappa shape index (κ1) is 31.1. The van der Waals surface area contributed by atoms with E-state index >= 15 is 0 Å². The standard InChI is InChI=1S/C42H31N.C7H8/c1-2-10-29(11-3-1)30-20-24-34(25-21-30)43-35-26-22-31(23-27-35)32-12-8-13-33(28-32)36-18-9-19-41-39-15-5-4-14-37(39)38-16-6-7-17-40(38)42(36)41;1-7-5-3-2-4-6-7/h1-26,28,35,43H,27H2;2-6H,1H3. The molecular formula is C49H39N. The van der Waals surface area contributed by atoms with E-state index in [4.69, 9.17) is 0 Å². The molecule has 0 spiro atoms. The molecular weight excluding hydrogens is 603 g/mol. The number of aryl methyl sites for hydroxylation is 1. The van der Waals surface area contributed by atoms with E-state index in [-0.39, 0.29) is 6.04 Å². The van der Waals surface area contributed by atoms with Crippen LogP contribution in [0.4, 0.5) is 5.69 Å². The lowest BCUT2D eigenvalue weighted by molar-refractivity contribution is 0.886. The second-order valence-corrected chi connectivity index (χ2v) is 13.0. The highest BCUT2D eigenvalue weighted by atomic mass is 14.9. The average molecular weight is 642 g/mol. The summed E-state index contributed by atoms with van der Waals surface area (Å²) < 4.78 is 0. The Bertz CT molecular complexity index is 2430. The first-order valence-electron chi connectivity index (χ1n) is 17.5. The minimum Gasteiger partial charge on any atom is -0.379 e. The lowest BCUT2D eigenvalue weighted by atomic mass is 9.88. The Balaban J connectivity index is 0.000000463. The molecule has 9 rings (SSSR count). The molecule has 0 fully saturated rings. The van der Waals surface area contributed by atoms with E-state index in [0.717, 1.165) is 12.1 Å². The predicted molar refractivity (Wildman–Crippen MR) is 217 cm³/mol. The fraction of sp³-hybridized carbons (Fsp3) is 0.0612. The second-order valence-electron chi connectivity index (χ2n) is 13.0. The smallest absolute Gasteiger partial charge is 0.0482 e. The van der Waals surface area contributed by atoms with Gasteiger partial charge in [-0.05, 0) is 97.3 Å². The lowest BCUT2D eigenvalue weighted by Gasteiger charge is -2.20. The number of hydrogen-bond donors (Lipinski definition) is 1. The van der Waals surface area contributed by atoms with Gasteiger partial charge in [-0.2, -0.15) is 0 Å². The van der Waals surface area contributed by atoms with Crippen LogP contribution in [0.2, 0.25) is 0 Å². The highest BCUT2D eigenvalue weighted by molar-refractivity contribution is 6.28. The molecule has 1 heteroatoms. The molecule has 0 radical (unpaired) electrons. The van der Waals surface area contributed by atoms with Gasteiger partial charge in [-0.3, -0.25) is 0 Å². The summed E-state index contributed by atoms with van der Waals surface area (Å²) in [5, 5.41) is 11.5. The number of rotatable bonds is 5. The van der Waals surface area contributed by atoms with E-state index in [0.29, 0.717) is 0 Å². The van der Waals surface area contributed by atoms with Crippen molar-refractivity contribution < 1.29 is 0 Å². The number of allylic oxidation sites excluding steroid dienone is 2. The monoisotopic (exact) mass is 641 g/mol. The maximum Gasteiger partial charge on any atom is 0.0482 e. The van der Waals surface area contributed by atoms with Crippen LogP contribution >= 0.6 is 0 Å². The summed E-state index contributed by atoms with van der Waals surface area (Å²) in [6.07, 6.45) is 7.87. The predicted octanol–water partition coefficient (Wildman–Crippen LogP) is 13.3. The molecule has 8 aromatic rings. The molecule has 1 unspecified atom stereocenters. The van der Waals surface area contributed by atoms with Gasteiger partial charge in [0.15, 0.2) is 0 Å². The summed E-state index contributed by atoms with van der Waals surface area (Å²) in [5.41, 5.74) is 9.99. The molecule has 1 atom stereocenters. The van der Waals surface area contributed by atoms with Crippen LogP contribution in [-0.4, -0.2) is 6.04 Å². The van der Waals surface area contributed by atoms with Crippen LogP contribution in [0, 0.1) is 6.92 Å². The Morgan fingerprint density at radius 3 is 1.60 bits per heavy atom. The van der Waals surface area contributed by atoms with Gasteiger partial charge in [0.2, 0.25) is 0 Å². The number of nitrogens with one attached hydrogen (secondary N) is 1. The zero-order valence-electron chi connectivity index (χ0n) is 28.3. The molecule has 0 amide bonds. The highest BCUT2D eigenvalue weighted by Crippen LogP contribution is 2.40. The maximum atomic E-state index is 3.69.